The summed E-state index contributed by atoms with van der Waals surface area (Å²) in [5, 5.41) is 3.57. The Balaban J connectivity index is 2.13. The minimum Gasteiger partial charge on any atom is -0.316 e. The van der Waals surface area contributed by atoms with Crippen LogP contribution in [0.25, 0.3) is 0 Å². The molecule has 1 unspecified atom stereocenters. The van der Waals surface area contributed by atoms with Gasteiger partial charge in [-0.2, -0.15) is 0 Å². The molecule has 0 aromatic heterocycles. The molecule has 0 radical (unpaired) electrons. The van der Waals surface area contributed by atoms with E-state index in [0.717, 1.165) is 24.0 Å². The van der Waals surface area contributed by atoms with Crippen molar-refractivity contribution < 1.29 is 0 Å². The Morgan fingerprint density at radius 1 is 1.10 bits per heavy atom. The maximum absolute atomic E-state index is 3.59. The van der Waals surface area contributed by atoms with Gasteiger partial charge in [-0.25, -0.2) is 0 Å². The third kappa shape index (κ3) is 5.29. The molecule has 0 saturated carbocycles. The second-order valence-electron chi connectivity index (χ2n) is 5.65. The third-order valence-electron chi connectivity index (χ3n) is 3.74. The van der Waals surface area contributed by atoms with Crippen LogP contribution in [0.15, 0.2) is 53.0 Å². The van der Waals surface area contributed by atoms with Crippen molar-refractivity contribution in [1.82, 2.24) is 5.32 Å². The molecule has 1 N–H and O–H groups in total. The predicted molar refractivity (Wildman–Crippen MR) is 94.9 cm³/mol. The molecular weight excluding hydrogens is 322 g/mol. The van der Waals surface area contributed by atoms with Gasteiger partial charge in [-0.3, -0.25) is 0 Å². The Morgan fingerprint density at radius 3 is 2.52 bits per heavy atom. The zero-order chi connectivity index (χ0) is 15.1. The van der Waals surface area contributed by atoms with Crippen molar-refractivity contribution >= 4 is 15.9 Å². The first-order valence-electron chi connectivity index (χ1n) is 7.70. The lowest BCUT2D eigenvalue weighted by Gasteiger charge is -2.19. The summed E-state index contributed by atoms with van der Waals surface area (Å²) in [5.74, 6) is 0.511. The number of benzene rings is 2. The molecule has 21 heavy (non-hydrogen) atoms. The number of nitrogens with one attached hydrogen (secondary N) is 1. The lowest BCUT2D eigenvalue weighted by molar-refractivity contribution is 0.576. The lowest BCUT2D eigenvalue weighted by atomic mass is 9.91. The summed E-state index contributed by atoms with van der Waals surface area (Å²) in [4.78, 5) is 0. The van der Waals surface area contributed by atoms with Gasteiger partial charge in [0, 0.05) is 16.9 Å². The number of hydrogen-bond acceptors (Lipinski definition) is 1. The first-order chi connectivity index (χ1) is 10.2. The molecule has 0 amide bonds. The monoisotopic (exact) mass is 345 g/mol. The fourth-order valence-corrected chi connectivity index (χ4v) is 2.95. The summed E-state index contributed by atoms with van der Waals surface area (Å²) >= 11 is 3.59. The number of hydrogen-bond donors (Lipinski definition) is 1. The van der Waals surface area contributed by atoms with E-state index in [-0.39, 0.29) is 0 Å². The van der Waals surface area contributed by atoms with Gasteiger partial charge in [-0.1, -0.05) is 64.8 Å². The van der Waals surface area contributed by atoms with Crippen molar-refractivity contribution in [3.05, 3.63) is 69.7 Å². The van der Waals surface area contributed by atoms with Crippen molar-refractivity contribution in [1.29, 1.82) is 0 Å². The van der Waals surface area contributed by atoms with E-state index in [1.54, 1.807) is 0 Å². The highest BCUT2D eigenvalue weighted by atomic mass is 79.9. The van der Waals surface area contributed by atoms with Gasteiger partial charge >= 0.3 is 0 Å². The second-order valence-corrected chi connectivity index (χ2v) is 6.56. The highest BCUT2D eigenvalue weighted by Gasteiger charge is 2.12. The van der Waals surface area contributed by atoms with Gasteiger partial charge in [0.15, 0.2) is 0 Å². The van der Waals surface area contributed by atoms with Crippen LogP contribution in [-0.2, 0) is 6.42 Å². The SMILES string of the molecule is CCCNCC(Cc1ccc(C)cc1)c1cccc(Br)c1. The van der Waals surface area contributed by atoms with Crippen LogP contribution in [0.3, 0.4) is 0 Å². The maximum Gasteiger partial charge on any atom is 0.0178 e. The Morgan fingerprint density at radius 2 is 1.86 bits per heavy atom. The van der Waals surface area contributed by atoms with Gasteiger partial charge in [-0.05, 0) is 49.6 Å². The minimum absolute atomic E-state index is 0.511. The molecule has 0 aliphatic heterocycles. The molecular formula is C19H24BrN. The highest BCUT2D eigenvalue weighted by molar-refractivity contribution is 9.10. The van der Waals surface area contributed by atoms with Crippen molar-refractivity contribution in [2.24, 2.45) is 0 Å². The molecule has 0 heterocycles. The van der Waals surface area contributed by atoms with E-state index in [1.807, 2.05) is 0 Å². The Hall–Kier alpha value is -1.12. The summed E-state index contributed by atoms with van der Waals surface area (Å²) < 4.78 is 1.16. The zero-order valence-electron chi connectivity index (χ0n) is 12.9. The predicted octanol–water partition coefficient (Wildman–Crippen LogP) is 5.08. The standard InChI is InChI=1S/C19H24BrN/c1-3-11-21-14-18(17-5-4-6-19(20)13-17)12-16-9-7-15(2)8-10-16/h4-10,13,18,21H,3,11-12,14H2,1-2H3. The smallest absolute Gasteiger partial charge is 0.0178 e. The van der Waals surface area contributed by atoms with Gasteiger partial charge < -0.3 is 5.32 Å². The van der Waals surface area contributed by atoms with Crippen molar-refractivity contribution in [3.8, 4) is 0 Å². The third-order valence-corrected chi connectivity index (χ3v) is 4.23. The normalized spacial score (nSPS) is 12.3. The molecule has 0 spiro atoms. The maximum atomic E-state index is 3.59. The molecule has 2 rings (SSSR count). The Kier molecular flexibility index (Phi) is 6.47. The van der Waals surface area contributed by atoms with E-state index in [0.29, 0.717) is 5.92 Å². The average molecular weight is 346 g/mol. The van der Waals surface area contributed by atoms with Crippen LogP contribution in [0.5, 0.6) is 0 Å². The summed E-state index contributed by atoms with van der Waals surface area (Å²) in [6.45, 7) is 6.45. The van der Waals surface area contributed by atoms with Gasteiger partial charge in [0.1, 0.15) is 0 Å². The van der Waals surface area contributed by atoms with Crippen molar-refractivity contribution in [3.63, 3.8) is 0 Å². The van der Waals surface area contributed by atoms with E-state index in [1.165, 1.54) is 23.1 Å². The molecule has 1 atom stereocenters. The van der Waals surface area contributed by atoms with Crippen molar-refractivity contribution in [2.75, 3.05) is 13.1 Å². The lowest BCUT2D eigenvalue weighted by Crippen LogP contribution is -2.23. The van der Waals surface area contributed by atoms with Crippen molar-refractivity contribution in [2.45, 2.75) is 32.6 Å². The van der Waals surface area contributed by atoms with Crippen LogP contribution < -0.4 is 5.32 Å². The van der Waals surface area contributed by atoms with Crippen LogP contribution >= 0.6 is 15.9 Å². The first kappa shape index (κ1) is 16.3. The van der Waals surface area contributed by atoms with E-state index in [2.05, 4.69) is 83.6 Å². The highest BCUT2D eigenvalue weighted by Crippen LogP contribution is 2.23. The van der Waals surface area contributed by atoms with Crippen LogP contribution in [0, 0.1) is 6.92 Å². The Bertz CT molecular complexity index is 548. The van der Waals surface area contributed by atoms with E-state index in [4.69, 9.17) is 0 Å². The van der Waals surface area contributed by atoms with E-state index >= 15 is 0 Å². The van der Waals surface area contributed by atoms with Crippen LogP contribution in [0.2, 0.25) is 0 Å². The van der Waals surface area contributed by atoms with Crippen LogP contribution in [0.1, 0.15) is 36.0 Å². The fraction of sp³-hybridized carbons (Fsp3) is 0.368. The topological polar surface area (TPSA) is 12.0 Å². The molecule has 0 bridgehead atoms. The first-order valence-corrected chi connectivity index (χ1v) is 8.50. The summed E-state index contributed by atoms with van der Waals surface area (Å²) in [7, 11) is 0. The van der Waals surface area contributed by atoms with Gasteiger partial charge in [0.05, 0.1) is 0 Å². The van der Waals surface area contributed by atoms with Gasteiger partial charge in [0.25, 0.3) is 0 Å². The Labute approximate surface area is 136 Å². The van der Waals surface area contributed by atoms with Gasteiger partial charge in [0.2, 0.25) is 0 Å². The molecule has 2 aromatic carbocycles. The summed E-state index contributed by atoms with van der Waals surface area (Å²) in [5.41, 5.74) is 4.12. The summed E-state index contributed by atoms with van der Waals surface area (Å²) in [6, 6.07) is 17.6. The zero-order valence-corrected chi connectivity index (χ0v) is 14.5. The molecule has 2 aromatic rings. The molecule has 0 fully saturated rings. The number of aryl methyl sites for hydroxylation is 1. The average Bonchev–Trinajstić information content (AvgIpc) is 2.48. The molecule has 0 aliphatic rings. The van der Waals surface area contributed by atoms with Gasteiger partial charge in [-0.15, -0.1) is 0 Å². The van der Waals surface area contributed by atoms with Crippen LogP contribution in [-0.4, -0.2) is 13.1 Å². The number of rotatable bonds is 7. The van der Waals surface area contributed by atoms with E-state index < -0.39 is 0 Å². The minimum atomic E-state index is 0.511. The molecule has 0 aliphatic carbocycles. The quantitative estimate of drug-likeness (QED) is 0.689. The molecule has 1 nitrogen and oxygen atoms in total. The molecule has 112 valence electrons. The number of halogens is 1. The molecule has 0 saturated heterocycles. The largest absolute Gasteiger partial charge is 0.316 e. The summed E-state index contributed by atoms with van der Waals surface area (Å²) in [6.07, 6.45) is 2.25. The second kappa shape index (κ2) is 8.35. The van der Waals surface area contributed by atoms with E-state index in [9.17, 15) is 0 Å². The van der Waals surface area contributed by atoms with Crippen LogP contribution in [0.4, 0.5) is 0 Å². The fourth-order valence-electron chi connectivity index (χ4n) is 2.53. The molecule has 2 heteroatoms.